The average molecular weight is 396 g/mol. The van der Waals surface area contributed by atoms with Crippen molar-refractivity contribution in [3.8, 4) is 0 Å². The molecule has 2 unspecified atom stereocenters. The fourth-order valence-electron chi connectivity index (χ4n) is 2.62. The maximum absolute atomic E-state index is 12.1. The van der Waals surface area contributed by atoms with E-state index in [-0.39, 0.29) is 5.56 Å². The lowest BCUT2D eigenvalue weighted by molar-refractivity contribution is -0.142. The third-order valence-electron chi connectivity index (χ3n) is 3.86. The van der Waals surface area contributed by atoms with E-state index in [0.717, 1.165) is 6.07 Å². The molecule has 12 heteroatoms. The van der Waals surface area contributed by atoms with Gasteiger partial charge in [-0.2, -0.15) is 0 Å². The van der Waals surface area contributed by atoms with Gasteiger partial charge in [0, 0.05) is 6.42 Å². The summed E-state index contributed by atoms with van der Waals surface area (Å²) in [6.07, 6.45) is -1.48. The van der Waals surface area contributed by atoms with Crippen LogP contribution in [-0.2, 0) is 23.9 Å². The van der Waals surface area contributed by atoms with Crippen LogP contribution in [0.3, 0.4) is 0 Å². The van der Waals surface area contributed by atoms with Crippen molar-refractivity contribution in [2.24, 2.45) is 0 Å². The van der Waals surface area contributed by atoms with E-state index in [0.29, 0.717) is 5.56 Å². The molecule has 0 bridgehead atoms. The molecule has 0 amide bonds. The van der Waals surface area contributed by atoms with Crippen molar-refractivity contribution < 1.29 is 48.5 Å². The molecule has 0 spiro atoms. The number of carboxylic acids is 2. The van der Waals surface area contributed by atoms with E-state index in [1.54, 1.807) is 6.92 Å². The topological polar surface area (TPSA) is 190 Å². The van der Waals surface area contributed by atoms with E-state index < -0.39 is 49.9 Å². The summed E-state index contributed by atoms with van der Waals surface area (Å²) in [4.78, 5) is 60.9. The highest BCUT2D eigenvalue weighted by Gasteiger charge is 2.60. The minimum absolute atomic E-state index is 0.139. The van der Waals surface area contributed by atoms with Gasteiger partial charge in [-0.3, -0.25) is 18.7 Å². The molecule has 6 N–H and O–H groups in total. The summed E-state index contributed by atoms with van der Waals surface area (Å²) in [5, 5.41) is 15.5. The molecule has 25 heavy (non-hydrogen) atoms. The van der Waals surface area contributed by atoms with E-state index >= 15 is 0 Å². The standard InChI is InChI=1S/C13H18O10P2/c1-7-3-4-9(8(2)5-7)13(12(16)17,25(21,22)23)6-10(11(14)15)24(18,19)20/h3-5,10H,6H2,1-2H3,(H,14,15)(H,16,17)(H2,18,19,20)(H2,21,22,23). The minimum atomic E-state index is -5.60. The van der Waals surface area contributed by atoms with Gasteiger partial charge >= 0.3 is 27.1 Å². The Hall–Kier alpha value is -1.54. The van der Waals surface area contributed by atoms with E-state index in [1.807, 2.05) is 0 Å². The van der Waals surface area contributed by atoms with Crippen LogP contribution in [0.1, 0.15) is 23.1 Å². The van der Waals surface area contributed by atoms with Gasteiger partial charge in [0.05, 0.1) is 0 Å². The Morgan fingerprint density at radius 3 is 1.92 bits per heavy atom. The fraction of sp³-hybridized carbons (Fsp3) is 0.385. The van der Waals surface area contributed by atoms with Crippen molar-refractivity contribution in [1.29, 1.82) is 0 Å². The smallest absolute Gasteiger partial charge is 0.347 e. The molecule has 140 valence electrons. The molecule has 0 saturated carbocycles. The lowest BCUT2D eigenvalue weighted by Crippen LogP contribution is -2.41. The highest BCUT2D eigenvalue weighted by molar-refractivity contribution is 7.55. The second-order valence-electron chi connectivity index (χ2n) is 5.68. The molecule has 10 nitrogen and oxygen atoms in total. The Labute approximate surface area is 142 Å². The molecule has 0 saturated heterocycles. The zero-order valence-electron chi connectivity index (χ0n) is 13.2. The van der Waals surface area contributed by atoms with Crippen LogP contribution in [0.4, 0.5) is 0 Å². The maximum Gasteiger partial charge on any atom is 0.347 e. The minimum Gasteiger partial charge on any atom is -0.481 e. The van der Waals surface area contributed by atoms with Crippen molar-refractivity contribution in [2.45, 2.75) is 31.1 Å². The van der Waals surface area contributed by atoms with Crippen LogP contribution in [0.5, 0.6) is 0 Å². The Kier molecular flexibility index (Phi) is 6.01. The molecule has 1 aromatic rings. The van der Waals surface area contributed by atoms with Gasteiger partial charge in [-0.1, -0.05) is 23.8 Å². The largest absolute Gasteiger partial charge is 0.481 e. The van der Waals surface area contributed by atoms with Crippen molar-refractivity contribution in [1.82, 2.24) is 0 Å². The monoisotopic (exact) mass is 396 g/mol. The number of carbonyl (C=O) groups is 2. The molecule has 2 atom stereocenters. The number of hydrogen-bond donors (Lipinski definition) is 6. The van der Waals surface area contributed by atoms with Crippen LogP contribution < -0.4 is 0 Å². The quantitative estimate of drug-likeness (QED) is 0.359. The lowest BCUT2D eigenvalue weighted by atomic mass is 9.88. The molecular weight excluding hydrogens is 378 g/mol. The Balaban J connectivity index is 3.81. The summed E-state index contributed by atoms with van der Waals surface area (Å²) in [5.41, 5.74) is -2.22. The Bertz CT molecular complexity index is 792. The first-order chi connectivity index (χ1) is 11.1. The summed E-state index contributed by atoms with van der Waals surface area (Å²) < 4.78 is 23.5. The molecule has 0 aliphatic rings. The molecule has 0 fully saturated rings. The zero-order chi connectivity index (χ0) is 19.8. The summed E-state index contributed by atoms with van der Waals surface area (Å²) in [6.45, 7) is 3.01. The molecule has 1 rings (SSSR count). The molecule has 0 aromatic heterocycles. The zero-order valence-corrected chi connectivity index (χ0v) is 15.0. The number of benzene rings is 1. The molecule has 0 heterocycles. The summed E-state index contributed by atoms with van der Waals surface area (Å²) >= 11 is 0. The number of aliphatic carboxylic acids is 2. The summed E-state index contributed by atoms with van der Waals surface area (Å²) in [7, 11) is -11.0. The van der Waals surface area contributed by atoms with Crippen LogP contribution in [0.2, 0.25) is 0 Å². The molecule has 1 aromatic carbocycles. The van der Waals surface area contributed by atoms with Crippen molar-refractivity contribution >= 4 is 27.1 Å². The number of hydrogen-bond acceptors (Lipinski definition) is 4. The van der Waals surface area contributed by atoms with Gasteiger partial charge < -0.3 is 29.8 Å². The van der Waals surface area contributed by atoms with Crippen molar-refractivity contribution in [2.75, 3.05) is 0 Å². The van der Waals surface area contributed by atoms with E-state index in [9.17, 15) is 43.4 Å². The van der Waals surface area contributed by atoms with Crippen LogP contribution >= 0.6 is 15.2 Å². The Morgan fingerprint density at radius 1 is 1.08 bits per heavy atom. The number of rotatable bonds is 7. The normalized spacial score (nSPS) is 16.1. The van der Waals surface area contributed by atoms with Gasteiger partial charge in [0.25, 0.3) is 0 Å². The highest BCUT2D eigenvalue weighted by Crippen LogP contribution is 2.63. The lowest BCUT2D eigenvalue weighted by Gasteiger charge is -2.34. The van der Waals surface area contributed by atoms with Gasteiger partial charge in [0.1, 0.15) is 0 Å². The van der Waals surface area contributed by atoms with Gasteiger partial charge in [-0.25, -0.2) is 0 Å². The van der Waals surface area contributed by atoms with E-state index in [2.05, 4.69) is 0 Å². The molecule has 0 aliphatic carbocycles. The van der Waals surface area contributed by atoms with Gasteiger partial charge in [-0.15, -0.1) is 0 Å². The third kappa shape index (κ3) is 4.17. The van der Waals surface area contributed by atoms with Crippen molar-refractivity contribution in [3.63, 3.8) is 0 Å². The second-order valence-corrected chi connectivity index (χ2v) is 9.33. The molecule has 0 radical (unpaired) electrons. The van der Waals surface area contributed by atoms with Crippen LogP contribution in [0, 0.1) is 13.8 Å². The van der Waals surface area contributed by atoms with Gasteiger partial charge in [0.2, 0.25) is 0 Å². The van der Waals surface area contributed by atoms with Gasteiger partial charge in [0.15, 0.2) is 10.8 Å². The van der Waals surface area contributed by atoms with Crippen molar-refractivity contribution in [3.05, 3.63) is 34.9 Å². The summed E-state index contributed by atoms with van der Waals surface area (Å²) in [6, 6.07) is 3.90. The fourth-order valence-corrected chi connectivity index (χ4v) is 4.80. The average Bonchev–Trinajstić information content (AvgIpc) is 2.37. The molecule has 0 aliphatic heterocycles. The highest BCUT2D eigenvalue weighted by atomic mass is 31.2. The van der Waals surface area contributed by atoms with Gasteiger partial charge in [-0.05, 0) is 25.0 Å². The first-order valence-corrected chi connectivity index (χ1v) is 10.1. The number of carboxylic acid groups (broad SMARTS) is 2. The Morgan fingerprint density at radius 2 is 1.60 bits per heavy atom. The van der Waals surface area contributed by atoms with E-state index in [1.165, 1.54) is 19.1 Å². The summed E-state index contributed by atoms with van der Waals surface area (Å²) in [5.74, 6) is -4.13. The third-order valence-corrected chi connectivity index (χ3v) is 6.68. The first kappa shape index (κ1) is 21.5. The van der Waals surface area contributed by atoms with E-state index in [4.69, 9.17) is 5.11 Å². The van der Waals surface area contributed by atoms with Crippen LogP contribution in [-0.4, -0.2) is 47.4 Å². The SMILES string of the molecule is Cc1ccc(C(CC(C(=O)O)P(=O)(O)O)(C(=O)O)P(=O)(O)O)c(C)c1. The van der Waals surface area contributed by atoms with Crippen LogP contribution in [0.15, 0.2) is 18.2 Å². The predicted molar refractivity (Wildman–Crippen MR) is 85.4 cm³/mol. The second kappa shape index (κ2) is 6.99. The predicted octanol–water partition coefficient (Wildman–Crippen LogP) is 0.782. The number of aryl methyl sites for hydroxylation is 2. The van der Waals surface area contributed by atoms with Crippen LogP contribution in [0.25, 0.3) is 0 Å². The maximum atomic E-state index is 12.1. The molecular formula is C13H18O10P2. The first-order valence-electron chi connectivity index (χ1n) is 6.79.